The molecule has 1 atom stereocenters. The number of sulfonamides is 1. The van der Waals surface area contributed by atoms with Crippen molar-refractivity contribution in [3.8, 4) is 5.75 Å². The van der Waals surface area contributed by atoms with Crippen molar-refractivity contribution in [2.24, 2.45) is 5.92 Å². The van der Waals surface area contributed by atoms with Crippen molar-refractivity contribution in [3.63, 3.8) is 0 Å². The Labute approximate surface area is 200 Å². The van der Waals surface area contributed by atoms with Crippen molar-refractivity contribution in [2.45, 2.75) is 36.7 Å². The van der Waals surface area contributed by atoms with Crippen LogP contribution in [0.5, 0.6) is 5.75 Å². The van der Waals surface area contributed by atoms with E-state index >= 15 is 0 Å². The number of likely N-dealkylation sites (tertiary alicyclic amines) is 1. The van der Waals surface area contributed by atoms with E-state index in [1.165, 1.54) is 16.4 Å². The highest BCUT2D eigenvalue weighted by Gasteiger charge is 2.33. The lowest BCUT2D eigenvalue weighted by molar-refractivity contribution is -0.120. The third-order valence-corrected chi connectivity index (χ3v) is 8.43. The standard InChI is InChI=1S/C24H30ClN3O4S/c1-27-15-12-22(13-16-27)32-21-8-6-20(7-9-21)26-24(29)18-3-2-14-28(17-18)33(30,31)23-10-4-19(25)5-11-23/h4-11,18,22H,2-3,12-17H2,1H3,(H,26,29). The molecule has 4 rings (SSSR count). The lowest BCUT2D eigenvalue weighted by atomic mass is 9.98. The van der Waals surface area contributed by atoms with Gasteiger partial charge >= 0.3 is 0 Å². The minimum absolute atomic E-state index is 0.161. The summed E-state index contributed by atoms with van der Waals surface area (Å²) in [7, 11) is -1.55. The topological polar surface area (TPSA) is 79.0 Å². The molecule has 2 saturated heterocycles. The zero-order valence-corrected chi connectivity index (χ0v) is 20.3. The zero-order chi connectivity index (χ0) is 23.4. The summed E-state index contributed by atoms with van der Waals surface area (Å²) in [5, 5.41) is 3.41. The number of benzene rings is 2. The van der Waals surface area contributed by atoms with Crippen molar-refractivity contribution >= 4 is 33.2 Å². The third-order valence-electron chi connectivity index (χ3n) is 6.30. The van der Waals surface area contributed by atoms with Crippen molar-refractivity contribution in [3.05, 3.63) is 53.6 Å². The first-order chi connectivity index (χ1) is 15.8. The summed E-state index contributed by atoms with van der Waals surface area (Å²) in [5.41, 5.74) is 0.674. The van der Waals surface area contributed by atoms with E-state index in [1.54, 1.807) is 12.1 Å². The Balaban J connectivity index is 1.34. The van der Waals surface area contributed by atoms with Crippen LogP contribution in [0.4, 0.5) is 5.69 Å². The van der Waals surface area contributed by atoms with Gasteiger partial charge in [0.05, 0.1) is 10.8 Å². The maximum Gasteiger partial charge on any atom is 0.243 e. The quantitative estimate of drug-likeness (QED) is 0.664. The molecule has 2 aliphatic heterocycles. The van der Waals surface area contributed by atoms with E-state index in [9.17, 15) is 13.2 Å². The molecule has 0 spiro atoms. The molecule has 178 valence electrons. The molecule has 2 heterocycles. The number of ether oxygens (including phenoxy) is 1. The Hall–Kier alpha value is -2.13. The van der Waals surface area contributed by atoms with Crippen molar-refractivity contribution < 1.29 is 17.9 Å². The minimum atomic E-state index is -3.67. The number of anilines is 1. The smallest absolute Gasteiger partial charge is 0.243 e. The first kappa shape index (κ1) is 24.0. The fraction of sp³-hybridized carbons (Fsp3) is 0.458. The minimum Gasteiger partial charge on any atom is -0.490 e. The molecule has 0 radical (unpaired) electrons. The number of rotatable bonds is 6. The highest BCUT2D eigenvalue weighted by atomic mass is 35.5. The molecule has 0 aromatic heterocycles. The fourth-order valence-corrected chi connectivity index (χ4v) is 5.94. The normalized spacial score (nSPS) is 21.0. The highest BCUT2D eigenvalue weighted by Crippen LogP contribution is 2.26. The summed E-state index contributed by atoms with van der Waals surface area (Å²) in [5.74, 6) is 0.214. The number of nitrogens with zero attached hydrogens (tertiary/aromatic N) is 2. The number of nitrogens with one attached hydrogen (secondary N) is 1. The molecule has 2 aromatic carbocycles. The van der Waals surface area contributed by atoms with Crippen LogP contribution in [-0.4, -0.2) is 62.9 Å². The summed E-state index contributed by atoms with van der Waals surface area (Å²) in [6, 6.07) is 13.5. The van der Waals surface area contributed by atoms with Gasteiger partial charge in [-0.15, -0.1) is 0 Å². The maximum atomic E-state index is 13.0. The molecule has 0 saturated carbocycles. The van der Waals surface area contributed by atoms with Gasteiger partial charge in [0.1, 0.15) is 11.9 Å². The summed E-state index contributed by atoms with van der Waals surface area (Å²) < 4.78 is 33.4. The molecular formula is C24H30ClN3O4S. The van der Waals surface area contributed by atoms with E-state index < -0.39 is 15.9 Å². The molecule has 2 aromatic rings. The molecule has 0 bridgehead atoms. The zero-order valence-electron chi connectivity index (χ0n) is 18.7. The lowest BCUT2D eigenvalue weighted by Gasteiger charge is -2.31. The second kappa shape index (κ2) is 10.4. The number of hydrogen-bond acceptors (Lipinski definition) is 5. The second-order valence-corrected chi connectivity index (χ2v) is 11.2. The number of carbonyl (C=O) groups is 1. The van der Waals surface area contributed by atoms with Gasteiger partial charge in [-0.05, 0) is 81.3 Å². The van der Waals surface area contributed by atoms with Crippen LogP contribution >= 0.6 is 11.6 Å². The molecule has 0 aliphatic carbocycles. The Morgan fingerprint density at radius 3 is 2.33 bits per heavy atom. The SMILES string of the molecule is CN1CCC(Oc2ccc(NC(=O)C3CCCN(S(=O)(=O)c4ccc(Cl)cc4)C3)cc2)CC1. The van der Waals surface area contributed by atoms with E-state index in [1.807, 2.05) is 24.3 Å². The Morgan fingerprint density at radius 2 is 1.67 bits per heavy atom. The van der Waals surface area contributed by atoms with Crippen LogP contribution in [0, 0.1) is 5.92 Å². The second-order valence-electron chi connectivity index (χ2n) is 8.79. The predicted molar refractivity (Wildman–Crippen MR) is 129 cm³/mol. The van der Waals surface area contributed by atoms with Crippen LogP contribution in [-0.2, 0) is 14.8 Å². The van der Waals surface area contributed by atoms with Crippen LogP contribution in [0.2, 0.25) is 5.02 Å². The largest absolute Gasteiger partial charge is 0.490 e. The molecule has 1 amide bonds. The average Bonchev–Trinajstić information content (AvgIpc) is 2.82. The van der Waals surface area contributed by atoms with E-state index in [0.29, 0.717) is 30.1 Å². The van der Waals surface area contributed by atoms with Crippen LogP contribution in [0.15, 0.2) is 53.4 Å². The van der Waals surface area contributed by atoms with E-state index in [0.717, 1.165) is 31.7 Å². The molecule has 1 N–H and O–H groups in total. The van der Waals surface area contributed by atoms with Gasteiger partial charge in [-0.3, -0.25) is 4.79 Å². The lowest BCUT2D eigenvalue weighted by Crippen LogP contribution is -2.43. The first-order valence-corrected chi connectivity index (χ1v) is 13.1. The van der Waals surface area contributed by atoms with Gasteiger partial charge in [0.25, 0.3) is 0 Å². The number of amides is 1. The molecule has 9 heteroatoms. The molecule has 1 unspecified atom stereocenters. The van der Waals surface area contributed by atoms with Gasteiger partial charge in [0.2, 0.25) is 15.9 Å². The molecule has 2 aliphatic rings. The monoisotopic (exact) mass is 491 g/mol. The predicted octanol–water partition coefficient (Wildman–Crippen LogP) is 3.85. The summed E-state index contributed by atoms with van der Waals surface area (Å²) in [4.78, 5) is 15.4. The number of piperidine rings is 2. The molecule has 7 nitrogen and oxygen atoms in total. The van der Waals surface area contributed by atoms with Gasteiger partial charge in [0.15, 0.2) is 0 Å². The van der Waals surface area contributed by atoms with Crippen LogP contribution in [0.1, 0.15) is 25.7 Å². The molecular weight excluding hydrogens is 462 g/mol. The molecule has 2 fully saturated rings. The molecule has 33 heavy (non-hydrogen) atoms. The summed E-state index contributed by atoms with van der Waals surface area (Å²) in [6.07, 6.45) is 3.51. The number of hydrogen-bond donors (Lipinski definition) is 1. The van der Waals surface area contributed by atoms with E-state index in [-0.39, 0.29) is 23.5 Å². The van der Waals surface area contributed by atoms with Crippen molar-refractivity contribution in [1.29, 1.82) is 0 Å². The Kier molecular flexibility index (Phi) is 7.58. The van der Waals surface area contributed by atoms with Crippen LogP contribution < -0.4 is 10.1 Å². The maximum absolute atomic E-state index is 13.0. The van der Waals surface area contributed by atoms with E-state index in [2.05, 4.69) is 17.3 Å². The summed E-state index contributed by atoms with van der Waals surface area (Å²) in [6.45, 7) is 2.63. The highest BCUT2D eigenvalue weighted by molar-refractivity contribution is 7.89. The average molecular weight is 492 g/mol. The van der Waals surface area contributed by atoms with Crippen LogP contribution in [0.25, 0.3) is 0 Å². The Morgan fingerprint density at radius 1 is 1.00 bits per heavy atom. The third kappa shape index (κ3) is 6.06. The fourth-order valence-electron chi connectivity index (χ4n) is 4.29. The van der Waals surface area contributed by atoms with Gasteiger partial charge in [0, 0.05) is 36.9 Å². The van der Waals surface area contributed by atoms with Crippen molar-refractivity contribution in [2.75, 3.05) is 38.5 Å². The number of halogens is 1. The van der Waals surface area contributed by atoms with Crippen molar-refractivity contribution in [1.82, 2.24) is 9.21 Å². The summed E-state index contributed by atoms with van der Waals surface area (Å²) >= 11 is 5.88. The van der Waals surface area contributed by atoms with Gasteiger partial charge in [-0.2, -0.15) is 4.31 Å². The first-order valence-electron chi connectivity index (χ1n) is 11.3. The van der Waals surface area contributed by atoms with E-state index in [4.69, 9.17) is 16.3 Å². The van der Waals surface area contributed by atoms with Gasteiger partial charge in [-0.1, -0.05) is 11.6 Å². The Bertz CT molecular complexity index is 1050. The van der Waals surface area contributed by atoms with Crippen LogP contribution in [0.3, 0.4) is 0 Å². The van der Waals surface area contributed by atoms with Gasteiger partial charge < -0.3 is 15.0 Å². The van der Waals surface area contributed by atoms with Gasteiger partial charge in [-0.25, -0.2) is 8.42 Å². The number of carbonyl (C=O) groups excluding carboxylic acids is 1.